The lowest BCUT2D eigenvalue weighted by Crippen LogP contribution is -2.51. The van der Waals surface area contributed by atoms with Crippen LogP contribution in [-0.2, 0) is 23.9 Å². The molecule has 2 fully saturated rings. The summed E-state index contributed by atoms with van der Waals surface area (Å²) in [5.74, 6) is 2.54. The summed E-state index contributed by atoms with van der Waals surface area (Å²) in [6, 6.07) is 5.59. The van der Waals surface area contributed by atoms with Crippen LogP contribution in [0.25, 0.3) is 16.9 Å². The van der Waals surface area contributed by atoms with Gasteiger partial charge in [0.25, 0.3) is 5.91 Å². The smallest absolute Gasteiger partial charge is 0.339 e. The van der Waals surface area contributed by atoms with Crippen LogP contribution in [0.1, 0.15) is 66.0 Å². The molecule has 0 spiro atoms. The maximum atomic E-state index is 13.8. The van der Waals surface area contributed by atoms with Crippen LogP contribution in [0.4, 0.5) is 13.2 Å². The fourth-order valence-electron chi connectivity index (χ4n) is 6.76. The Hall–Kier alpha value is -4.66. The Morgan fingerprint density at radius 3 is 2.50 bits per heavy atom. The zero-order valence-corrected chi connectivity index (χ0v) is 26.1. The lowest BCUT2D eigenvalue weighted by molar-refractivity contribution is -0.141. The maximum absolute atomic E-state index is 13.8. The van der Waals surface area contributed by atoms with E-state index < -0.39 is 11.9 Å². The van der Waals surface area contributed by atoms with Gasteiger partial charge in [-0.3, -0.25) is 23.7 Å². The Balaban J connectivity index is 1.16. The third-order valence-electron chi connectivity index (χ3n) is 9.15. The molecule has 12 heteroatoms. The highest BCUT2D eigenvalue weighted by Gasteiger charge is 2.39. The number of imidazole rings is 1. The van der Waals surface area contributed by atoms with Crippen molar-refractivity contribution in [2.45, 2.75) is 59.2 Å². The van der Waals surface area contributed by atoms with Gasteiger partial charge in [0.1, 0.15) is 6.54 Å². The van der Waals surface area contributed by atoms with E-state index in [4.69, 9.17) is 6.42 Å². The van der Waals surface area contributed by atoms with E-state index in [9.17, 15) is 22.8 Å². The van der Waals surface area contributed by atoms with Gasteiger partial charge in [-0.2, -0.15) is 18.3 Å². The molecule has 3 aromatic heterocycles. The van der Waals surface area contributed by atoms with Crippen LogP contribution < -0.4 is 0 Å². The summed E-state index contributed by atoms with van der Waals surface area (Å²) in [6.45, 7) is 8.27. The summed E-state index contributed by atoms with van der Waals surface area (Å²) in [4.78, 5) is 39.1. The molecule has 1 aliphatic carbocycles. The highest BCUT2D eigenvalue weighted by atomic mass is 19.4. The predicted octanol–water partition coefficient (Wildman–Crippen LogP) is 5.25. The Bertz CT molecular complexity index is 1840. The molecule has 0 radical (unpaired) electrons. The lowest BCUT2D eigenvalue weighted by Gasteiger charge is -2.36. The number of aryl methyl sites for hydroxylation is 1. The molecule has 240 valence electrons. The molecule has 1 aromatic carbocycles. The molecule has 4 heterocycles. The van der Waals surface area contributed by atoms with E-state index in [0.29, 0.717) is 49.5 Å². The second-order valence-corrected chi connectivity index (χ2v) is 13.0. The summed E-state index contributed by atoms with van der Waals surface area (Å²) < 4.78 is 44.1. The average Bonchev–Trinajstić information content (AvgIpc) is 3.73. The minimum absolute atomic E-state index is 0.0675. The molecule has 6 rings (SSSR count). The van der Waals surface area contributed by atoms with Crippen LogP contribution >= 0.6 is 0 Å². The summed E-state index contributed by atoms with van der Waals surface area (Å²) in [5.41, 5.74) is 2.54. The topological polar surface area (TPSA) is 88.6 Å². The number of carbonyl (C=O) groups excluding carboxylic acids is 2. The van der Waals surface area contributed by atoms with Gasteiger partial charge in [0.15, 0.2) is 11.3 Å². The van der Waals surface area contributed by atoms with Crippen molar-refractivity contribution >= 4 is 17.5 Å². The molecular weight excluding hydrogens is 595 g/mol. The fourth-order valence-corrected chi connectivity index (χ4v) is 6.76. The number of piperazine rings is 1. The second-order valence-electron chi connectivity index (χ2n) is 13.0. The van der Waals surface area contributed by atoms with E-state index >= 15 is 0 Å². The van der Waals surface area contributed by atoms with Crippen LogP contribution in [0.5, 0.6) is 0 Å². The number of benzene rings is 1. The molecule has 0 unspecified atom stereocenters. The first-order chi connectivity index (χ1) is 21.8. The Labute approximate surface area is 265 Å². The SMILES string of the molecule is C#CCn1cc(-c2cnc3c(Cc4ccc(C(=O)N5CCN(C(=O)[C@H]6CCC(C)(C)C6)CC5)c(C)c4)nccn23)c(C(F)(F)F)n1. The number of alkyl halides is 3. The van der Waals surface area contributed by atoms with Gasteiger partial charge in [0.2, 0.25) is 5.91 Å². The number of rotatable bonds is 6. The van der Waals surface area contributed by atoms with E-state index in [1.54, 1.807) is 21.6 Å². The third-order valence-corrected chi connectivity index (χ3v) is 9.15. The molecule has 46 heavy (non-hydrogen) atoms. The normalized spacial score (nSPS) is 18.2. The van der Waals surface area contributed by atoms with Crippen LogP contribution in [0.15, 0.2) is 43.0 Å². The Morgan fingerprint density at radius 2 is 1.85 bits per heavy atom. The van der Waals surface area contributed by atoms with Crippen molar-refractivity contribution in [1.82, 2.24) is 33.9 Å². The second kappa shape index (κ2) is 11.9. The first kappa shape index (κ1) is 31.3. The van der Waals surface area contributed by atoms with Crippen molar-refractivity contribution in [3.05, 3.63) is 71.1 Å². The number of nitrogens with zero attached hydrogens (tertiary/aromatic N) is 7. The number of carbonyl (C=O) groups is 2. The number of fused-ring (bicyclic) bond motifs is 1. The molecule has 0 N–H and O–H groups in total. The maximum Gasteiger partial charge on any atom is 0.435 e. The summed E-state index contributed by atoms with van der Waals surface area (Å²) in [5, 5.41) is 3.67. The first-order valence-corrected chi connectivity index (χ1v) is 15.4. The molecule has 2 aliphatic rings. The minimum atomic E-state index is -4.68. The number of aromatic nitrogens is 5. The molecule has 1 atom stereocenters. The Kier molecular flexibility index (Phi) is 8.12. The molecule has 0 bridgehead atoms. The van der Waals surface area contributed by atoms with Gasteiger partial charge in [-0.1, -0.05) is 31.9 Å². The summed E-state index contributed by atoms with van der Waals surface area (Å²) in [6.07, 6.45) is 9.63. The summed E-state index contributed by atoms with van der Waals surface area (Å²) >= 11 is 0. The van der Waals surface area contributed by atoms with Gasteiger partial charge < -0.3 is 9.80 Å². The monoisotopic (exact) mass is 631 g/mol. The number of amides is 2. The summed E-state index contributed by atoms with van der Waals surface area (Å²) in [7, 11) is 0. The van der Waals surface area contributed by atoms with Crippen molar-refractivity contribution in [1.29, 1.82) is 0 Å². The van der Waals surface area contributed by atoms with Gasteiger partial charge >= 0.3 is 6.18 Å². The van der Waals surface area contributed by atoms with Crippen LogP contribution in [-0.4, -0.2) is 71.9 Å². The highest BCUT2D eigenvalue weighted by molar-refractivity contribution is 5.96. The van der Waals surface area contributed by atoms with Gasteiger partial charge in [-0.25, -0.2) is 4.98 Å². The van der Waals surface area contributed by atoms with Crippen molar-refractivity contribution in [3.63, 3.8) is 0 Å². The molecule has 1 aliphatic heterocycles. The fraction of sp³-hybridized carbons (Fsp3) is 0.441. The quantitative estimate of drug-likeness (QED) is 0.271. The number of halogens is 3. The molecular formula is C34H36F3N7O2. The predicted molar refractivity (Wildman–Crippen MR) is 166 cm³/mol. The first-order valence-electron chi connectivity index (χ1n) is 15.4. The number of terminal acetylenes is 1. The molecule has 9 nitrogen and oxygen atoms in total. The minimum Gasteiger partial charge on any atom is -0.339 e. The van der Waals surface area contributed by atoms with Gasteiger partial charge in [0, 0.05) is 62.7 Å². The van der Waals surface area contributed by atoms with E-state index in [1.165, 1.54) is 18.6 Å². The van der Waals surface area contributed by atoms with E-state index in [2.05, 4.69) is 34.8 Å². The molecule has 4 aromatic rings. The van der Waals surface area contributed by atoms with Gasteiger partial charge in [-0.15, -0.1) is 6.42 Å². The van der Waals surface area contributed by atoms with E-state index in [-0.39, 0.29) is 40.9 Å². The Morgan fingerprint density at radius 1 is 1.11 bits per heavy atom. The third kappa shape index (κ3) is 6.10. The van der Waals surface area contributed by atoms with Crippen molar-refractivity contribution in [2.24, 2.45) is 11.3 Å². The van der Waals surface area contributed by atoms with E-state index in [1.807, 2.05) is 24.0 Å². The van der Waals surface area contributed by atoms with Crippen LogP contribution in [0.2, 0.25) is 0 Å². The standard InChI is InChI=1S/C34H36F3N7O2/c1-5-11-43-21-26(29(40-43)34(35,36)37)28-20-39-30-27(38-10-12-44(28)30)18-23-6-7-25(22(2)17-23)32(46)42-15-13-41(14-16-42)31(45)24-8-9-33(3,4)19-24/h1,6-7,10,12,17,20-21,24H,8-9,11,13-16,18-19H2,2-4H3/t24-/m0/s1. The average molecular weight is 632 g/mol. The van der Waals surface area contributed by atoms with Crippen LogP contribution in [0.3, 0.4) is 0 Å². The highest BCUT2D eigenvalue weighted by Crippen LogP contribution is 2.42. The largest absolute Gasteiger partial charge is 0.435 e. The molecule has 1 saturated carbocycles. The van der Waals surface area contributed by atoms with Gasteiger partial charge in [0.05, 0.1) is 23.1 Å². The van der Waals surface area contributed by atoms with Crippen LogP contribution in [0, 0.1) is 30.6 Å². The zero-order chi connectivity index (χ0) is 32.8. The number of hydrogen-bond acceptors (Lipinski definition) is 5. The van der Waals surface area contributed by atoms with Crippen molar-refractivity contribution < 1.29 is 22.8 Å². The van der Waals surface area contributed by atoms with Gasteiger partial charge in [-0.05, 0) is 48.8 Å². The molecule has 1 saturated heterocycles. The van der Waals surface area contributed by atoms with Crippen molar-refractivity contribution in [2.75, 3.05) is 26.2 Å². The zero-order valence-electron chi connectivity index (χ0n) is 26.1. The molecule has 2 amide bonds. The lowest BCUT2D eigenvalue weighted by atomic mass is 9.90. The van der Waals surface area contributed by atoms with Crippen molar-refractivity contribution in [3.8, 4) is 23.6 Å². The van der Waals surface area contributed by atoms with E-state index in [0.717, 1.165) is 35.1 Å². The number of hydrogen-bond donors (Lipinski definition) is 0.